The summed E-state index contributed by atoms with van der Waals surface area (Å²) in [6, 6.07) is 0. The summed E-state index contributed by atoms with van der Waals surface area (Å²) in [5.41, 5.74) is 1.14. The first-order valence-corrected chi connectivity index (χ1v) is 7.91. The third kappa shape index (κ3) is 5.94. The zero-order chi connectivity index (χ0) is 15.2. The van der Waals surface area contributed by atoms with Gasteiger partial charge < -0.3 is 4.74 Å². The van der Waals surface area contributed by atoms with Crippen molar-refractivity contribution in [2.45, 2.75) is 56.9 Å². The predicted octanol–water partition coefficient (Wildman–Crippen LogP) is 3.79. The summed E-state index contributed by atoms with van der Waals surface area (Å²) in [7, 11) is 0. The van der Waals surface area contributed by atoms with Crippen LogP contribution in [0.15, 0.2) is 12.2 Å². The number of rotatable bonds is 7. The van der Waals surface area contributed by atoms with Crippen LogP contribution in [-0.2, 0) is 19.3 Å². The van der Waals surface area contributed by atoms with E-state index in [0.717, 1.165) is 31.3 Å². The van der Waals surface area contributed by atoms with Crippen molar-refractivity contribution in [3.8, 4) is 0 Å². The average Bonchev–Trinajstić information content (AvgIpc) is 2.37. The van der Waals surface area contributed by atoms with Crippen LogP contribution in [0.2, 0.25) is 0 Å². The topological polar surface area (TPSA) is 44.8 Å². The number of ether oxygens (including phenoxy) is 1. The number of hydrogen-bond acceptors (Lipinski definition) is 4. The molecule has 1 rings (SSSR count). The number of hydrogen-bond donors (Lipinski definition) is 0. The maximum atomic E-state index is 11.5. The van der Waals surface area contributed by atoms with Gasteiger partial charge in [0.15, 0.2) is 0 Å². The molecule has 0 bridgehead atoms. The first kappa shape index (κ1) is 17.7. The molecule has 0 aromatic rings. The van der Waals surface area contributed by atoms with Crippen LogP contribution >= 0.6 is 15.9 Å². The van der Waals surface area contributed by atoms with E-state index in [2.05, 4.69) is 22.5 Å². The minimum absolute atomic E-state index is 0.0737. The van der Waals surface area contributed by atoms with Crippen LogP contribution in [0.1, 0.15) is 46.5 Å². The lowest BCUT2D eigenvalue weighted by molar-refractivity contribution is -0.355. The van der Waals surface area contributed by atoms with Gasteiger partial charge in [0.25, 0.3) is 0 Å². The van der Waals surface area contributed by atoms with E-state index in [1.807, 2.05) is 6.92 Å². The largest absolute Gasteiger partial charge is 0.465 e. The zero-order valence-electron chi connectivity index (χ0n) is 12.6. The molecule has 2 atom stereocenters. The van der Waals surface area contributed by atoms with Crippen molar-refractivity contribution in [2.24, 2.45) is 5.92 Å². The maximum absolute atomic E-state index is 11.5. The summed E-state index contributed by atoms with van der Waals surface area (Å²) in [4.78, 5) is 22.0. The standard InChI is InChI=1S/C15H25BrO4/c1-11(2)12-8-10-19-20-13(12)7-5-6-9-18-14(17)15(3,4)16/h12-13H,1,5-10H2,2-4H3. The Balaban J connectivity index is 2.20. The predicted molar refractivity (Wildman–Crippen MR) is 81.6 cm³/mol. The van der Waals surface area contributed by atoms with Gasteiger partial charge in [-0.2, -0.15) is 0 Å². The van der Waals surface area contributed by atoms with E-state index in [0.29, 0.717) is 19.1 Å². The monoisotopic (exact) mass is 348 g/mol. The first-order valence-electron chi connectivity index (χ1n) is 7.12. The minimum Gasteiger partial charge on any atom is -0.465 e. The van der Waals surface area contributed by atoms with E-state index in [1.54, 1.807) is 13.8 Å². The molecule has 0 aromatic heterocycles. The molecule has 1 fully saturated rings. The van der Waals surface area contributed by atoms with Gasteiger partial charge in [0.05, 0.1) is 19.3 Å². The molecule has 1 aliphatic heterocycles. The number of halogens is 1. The Bertz CT molecular complexity index is 335. The van der Waals surface area contributed by atoms with E-state index >= 15 is 0 Å². The van der Waals surface area contributed by atoms with Gasteiger partial charge in [-0.15, -0.1) is 0 Å². The number of carbonyl (C=O) groups excluding carboxylic acids is 1. The molecule has 0 amide bonds. The quantitative estimate of drug-likeness (QED) is 0.231. The molecule has 1 heterocycles. The third-order valence-electron chi connectivity index (χ3n) is 3.39. The first-order chi connectivity index (χ1) is 9.32. The highest BCUT2D eigenvalue weighted by Crippen LogP contribution is 2.28. The molecule has 20 heavy (non-hydrogen) atoms. The van der Waals surface area contributed by atoms with Crippen LogP contribution in [0.4, 0.5) is 0 Å². The van der Waals surface area contributed by atoms with Crippen LogP contribution in [0, 0.1) is 5.92 Å². The molecule has 0 radical (unpaired) electrons. The van der Waals surface area contributed by atoms with E-state index in [-0.39, 0.29) is 12.1 Å². The van der Waals surface area contributed by atoms with Crippen molar-refractivity contribution < 1.29 is 19.3 Å². The van der Waals surface area contributed by atoms with E-state index in [9.17, 15) is 4.79 Å². The molecular weight excluding hydrogens is 324 g/mol. The molecule has 1 aliphatic rings. The molecule has 0 N–H and O–H groups in total. The van der Waals surface area contributed by atoms with Gasteiger partial charge in [-0.25, -0.2) is 9.78 Å². The SMILES string of the molecule is C=C(C)C1CCOOC1CCCCOC(=O)C(C)(C)Br. The second-order valence-corrected chi connectivity index (χ2v) is 7.78. The molecular formula is C15H25BrO4. The Hall–Kier alpha value is -0.390. The molecule has 5 heteroatoms. The molecule has 0 aliphatic carbocycles. The van der Waals surface area contributed by atoms with Gasteiger partial charge in [0, 0.05) is 5.92 Å². The second kappa shape index (κ2) is 8.15. The Morgan fingerprint density at radius 2 is 2.15 bits per heavy atom. The highest BCUT2D eigenvalue weighted by atomic mass is 79.9. The summed E-state index contributed by atoms with van der Waals surface area (Å²) in [6.45, 7) is 10.7. The Morgan fingerprint density at radius 3 is 2.75 bits per heavy atom. The Morgan fingerprint density at radius 1 is 1.45 bits per heavy atom. The molecule has 1 saturated heterocycles. The summed E-state index contributed by atoms with van der Waals surface area (Å²) in [5.74, 6) is 0.141. The van der Waals surface area contributed by atoms with Crippen molar-refractivity contribution in [2.75, 3.05) is 13.2 Å². The highest BCUT2D eigenvalue weighted by Gasteiger charge is 2.28. The van der Waals surface area contributed by atoms with Crippen molar-refractivity contribution >= 4 is 21.9 Å². The lowest BCUT2D eigenvalue weighted by atomic mass is 9.89. The molecule has 116 valence electrons. The molecule has 4 nitrogen and oxygen atoms in total. The molecule has 2 unspecified atom stereocenters. The van der Waals surface area contributed by atoms with E-state index in [4.69, 9.17) is 14.5 Å². The normalized spacial score (nSPS) is 23.4. The minimum atomic E-state index is -0.613. The fourth-order valence-electron chi connectivity index (χ4n) is 2.16. The summed E-state index contributed by atoms with van der Waals surface area (Å²) in [5, 5.41) is 0. The van der Waals surface area contributed by atoms with Crippen LogP contribution in [0.25, 0.3) is 0 Å². The highest BCUT2D eigenvalue weighted by molar-refractivity contribution is 9.10. The van der Waals surface area contributed by atoms with Crippen molar-refractivity contribution in [1.29, 1.82) is 0 Å². The molecule has 0 aromatic carbocycles. The fraction of sp³-hybridized carbons (Fsp3) is 0.800. The summed E-state index contributed by atoms with van der Waals surface area (Å²) < 4.78 is 4.58. The molecule has 0 saturated carbocycles. The molecule has 0 spiro atoms. The Kier molecular flexibility index (Phi) is 7.20. The number of esters is 1. The van der Waals surface area contributed by atoms with Crippen LogP contribution in [-0.4, -0.2) is 29.6 Å². The van der Waals surface area contributed by atoms with Crippen LogP contribution < -0.4 is 0 Å². The summed E-state index contributed by atoms with van der Waals surface area (Å²) in [6.07, 6.45) is 3.70. The summed E-state index contributed by atoms with van der Waals surface area (Å²) >= 11 is 3.28. The van der Waals surface area contributed by atoms with Gasteiger partial charge in [0.2, 0.25) is 0 Å². The zero-order valence-corrected chi connectivity index (χ0v) is 14.2. The Labute approximate surface area is 129 Å². The van der Waals surface area contributed by atoms with Gasteiger partial charge >= 0.3 is 5.97 Å². The van der Waals surface area contributed by atoms with Crippen LogP contribution in [0.5, 0.6) is 0 Å². The van der Waals surface area contributed by atoms with Gasteiger partial charge in [-0.05, 0) is 46.5 Å². The second-order valence-electron chi connectivity index (χ2n) is 5.80. The number of alkyl halides is 1. The van der Waals surface area contributed by atoms with Gasteiger partial charge in [-0.3, -0.25) is 4.79 Å². The lowest BCUT2D eigenvalue weighted by Gasteiger charge is -2.30. The maximum Gasteiger partial charge on any atom is 0.322 e. The smallest absolute Gasteiger partial charge is 0.322 e. The van der Waals surface area contributed by atoms with Crippen molar-refractivity contribution in [3.63, 3.8) is 0 Å². The average molecular weight is 349 g/mol. The van der Waals surface area contributed by atoms with E-state index in [1.165, 1.54) is 0 Å². The van der Waals surface area contributed by atoms with Gasteiger partial charge in [0.1, 0.15) is 4.32 Å². The van der Waals surface area contributed by atoms with Crippen LogP contribution in [0.3, 0.4) is 0 Å². The number of unbranched alkanes of at least 4 members (excludes halogenated alkanes) is 1. The van der Waals surface area contributed by atoms with Crippen molar-refractivity contribution in [3.05, 3.63) is 12.2 Å². The lowest BCUT2D eigenvalue weighted by Crippen LogP contribution is -2.31. The number of carbonyl (C=O) groups is 1. The van der Waals surface area contributed by atoms with Crippen molar-refractivity contribution in [1.82, 2.24) is 0 Å². The third-order valence-corrected chi connectivity index (χ3v) is 3.71. The fourth-order valence-corrected chi connectivity index (χ4v) is 2.28. The van der Waals surface area contributed by atoms with E-state index < -0.39 is 4.32 Å². The van der Waals surface area contributed by atoms with Gasteiger partial charge in [-0.1, -0.05) is 28.1 Å².